The maximum atomic E-state index is 6.14. The number of alkyl halides is 1. The van der Waals surface area contributed by atoms with Gasteiger partial charge in [-0.25, -0.2) is 4.98 Å². The van der Waals surface area contributed by atoms with Gasteiger partial charge in [0.1, 0.15) is 5.82 Å². The number of halogens is 1. The van der Waals surface area contributed by atoms with Gasteiger partial charge < -0.3 is 4.90 Å². The second kappa shape index (κ2) is 5.48. The Morgan fingerprint density at radius 1 is 1.39 bits per heavy atom. The van der Waals surface area contributed by atoms with E-state index in [4.69, 9.17) is 16.6 Å². The zero-order valence-electron chi connectivity index (χ0n) is 11.8. The molecular weight excluding hydrogens is 244 g/mol. The van der Waals surface area contributed by atoms with Gasteiger partial charge in [0.2, 0.25) is 0 Å². The second-order valence-corrected chi connectivity index (χ2v) is 5.68. The standard InChI is InChI=1S/C15H23ClN2/c1-5-13-7-6-12(4)18(13)15-14(9-16)10(2)8-11(3)17-15/h8,12-13H,5-7,9H2,1-4H3. The first-order valence-electron chi connectivity index (χ1n) is 6.89. The summed E-state index contributed by atoms with van der Waals surface area (Å²) < 4.78 is 0. The molecule has 2 rings (SSSR count). The summed E-state index contributed by atoms with van der Waals surface area (Å²) in [6.07, 6.45) is 3.71. The predicted molar refractivity (Wildman–Crippen MR) is 78.5 cm³/mol. The van der Waals surface area contributed by atoms with Crippen molar-refractivity contribution in [2.24, 2.45) is 0 Å². The van der Waals surface area contributed by atoms with Crippen LogP contribution in [0.2, 0.25) is 0 Å². The van der Waals surface area contributed by atoms with Crippen LogP contribution in [-0.4, -0.2) is 17.1 Å². The van der Waals surface area contributed by atoms with Gasteiger partial charge in [0.15, 0.2) is 0 Å². The van der Waals surface area contributed by atoms with Gasteiger partial charge in [0.05, 0.1) is 5.88 Å². The normalized spacial score (nSPS) is 23.7. The van der Waals surface area contributed by atoms with Crippen LogP contribution in [0.4, 0.5) is 5.82 Å². The molecule has 0 spiro atoms. The molecule has 2 nitrogen and oxygen atoms in total. The minimum Gasteiger partial charge on any atom is -0.351 e. The summed E-state index contributed by atoms with van der Waals surface area (Å²) >= 11 is 6.14. The fourth-order valence-electron chi connectivity index (χ4n) is 3.08. The number of hydrogen-bond acceptors (Lipinski definition) is 2. The summed E-state index contributed by atoms with van der Waals surface area (Å²) in [5.74, 6) is 1.67. The average Bonchev–Trinajstić information content (AvgIpc) is 2.69. The van der Waals surface area contributed by atoms with Gasteiger partial charge >= 0.3 is 0 Å². The molecule has 2 unspecified atom stereocenters. The van der Waals surface area contributed by atoms with E-state index >= 15 is 0 Å². The molecular formula is C15H23ClN2. The third-order valence-electron chi connectivity index (χ3n) is 4.09. The van der Waals surface area contributed by atoms with E-state index in [2.05, 4.69) is 38.7 Å². The van der Waals surface area contributed by atoms with Crippen LogP contribution in [0.3, 0.4) is 0 Å². The quantitative estimate of drug-likeness (QED) is 0.762. The molecule has 0 bridgehead atoms. The lowest BCUT2D eigenvalue weighted by Gasteiger charge is -2.31. The van der Waals surface area contributed by atoms with E-state index in [1.165, 1.54) is 30.4 Å². The van der Waals surface area contributed by atoms with Crippen molar-refractivity contribution < 1.29 is 0 Å². The molecule has 18 heavy (non-hydrogen) atoms. The van der Waals surface area contributed by atoms with E-state index in [0.29, 0.717) is 18.0 Å². The Morgan fingerprint density at radius 3 is 2.72 bits per heavy atom. The predicted octanol–water partition coefficient (Wildman–Crippen LogP) is 4.20. The summed E-state index contributed by atoms with van der Waals surface area (Å²) in [6, 6.07) is 3.32. The van der Waals surface area contributed by atoms with Crippen molar-refractivity contribution in [2.75, 3.05) is 4.90 Å². The average molecular weight is 267 g/mol. The van der Waals surface area contributed by atoms with E-state index in [-0.39, 0.29) is 0 Å². The first-order chi connectivity index (χ1) is 8.58. The van der Waals surface area contributed by atoms with Crippen molar-refractivity contribution in [3.05, 3.63) is 22.9 Å². The summed E-state index contributed by atoms with van der Waals surface area (Å²) in [5.41, 5.74) is 3.56. The van der Waals surface area contributed by atoms with Gasteiger partial charge in [-0.05, 0) is 51.7 Å². The van der Waals surface area contributed by atoms with Crippen LogP contribution < -0.4 is 4.90 Å². The number of pyridine rings is 1. The van der Waals surface area contributed by atoms with Crippen LogP contribution in [0.5, 0.6) is 0 Å². The molecule has 2 atom stereocenters. The molecule has 0 aliphatic carbocycles. The molecule has 0 amide bonds. The molecule has 1 fully saturated rings. The number of anilines is 1. The molecule has 0 N–H and O–H groups in total. The Balaban J connectivity index is 2.48. The van der Waals surface area contributed by atoms with Gasteiger partial charge in [-0.1, -0.05) is 6.92 Å². The molecule has 1 aromatic heterocycles. The van der Waals surface area contributed by atoms with Gasteiger partial charge in [-0.3, -0.25) is 0 Å². The fraction of sp³-hybridized carbons (Fsp3) is 0.667. The second-order valence-electron chi connectivity index (χ2n) is 5.41. The molecule has 0 radical (unpaired) electrons. The summed E-state index contributed by atoms with van der Waals surface area (Å²) in [4.78, 5) is 7.27. The lowest BCUT2D eigenvalue weighted by Crippen LogP contribution is -2.35. The number of aromatic nitrogens is 1. The Hall–Kier alpha value is -0.760. The Labute approximate surface area is 115 Å². The van der Waals surface area contributed by atoms with E-state index in [1.807, 2.05) is 0 Å². The van der Waals surface area contributed by atoms with Crippen molar-refractivity contribution in [3.63, 3.8) is 0 Å². The first-order valence-corrected chi connectivity index (χ1v) is 7.43. The molecule has 0 saturated carbocycles. The third-order valence-corrected chi connectivity index (χ3v) is 4.36. The Morgan fingerprint density at radius 2 is 2.11 bits per heavy atom. The lowest BCUT2D eigenvalue weighted by atomic mass is 10.1. The van der Waals surface area contributed by atoms with E-state index in [0.717, 1.165) is 11.5 Å². The van der Waals surface area contributed by atoms with Crippen molar-refractivity contribution in [1.29, 1.82) is 0 Å². The molecule has 2 heterocycles. The Kier molecular flexibility index (Phi) is 4.16. The molecule has 100 valence electrons. The highest BCUT2D eigenvalue weighted by Gasteiger charge is 2.32. The third kappa shape index (κ3) is 2.35. The molecule has 1 saturated heterocycles. The van der Waals surface area contributed by atoms with Gasteiger partial charge in [-0.2, -0.15) is 0 Å². The maximum absolute atomic E-state index is 6.14. The van der Waals surface area contributed by atoms with Crippen LogP contribution in [0.15, 0.2) is 6.07 Å². The Bertz CT molecular complexity index is 431. The maximum Gasteiger partial charge on any atom is 0.134 e. The highest BCUT2D eigenvalue weighted by atomic mass is 35.5. The monoisotopic (exact) mass is 266 g/mol. The summed E-state index contributed by atoms with van der Waals surface area (Å²) in [7, 11) is 0. The SMILES string of the molecule is CCC1CCC(C)N1c1nc(C)cc(C)c1CCl. The van der Waals surface area contributed by atoms with Crippen molar-refractivity contribution in [1.82, 2.24) is 4.98 Å². The largest absolute Gasteiger partial charge is 0.351 e. The number of hydrogen-bond donors (Lipinski definition) is 0. The summed E-state index contributed by atoms with van der Waals surface area (Å²) in [5, 5.41) is 0. The molecule has 3 heteroatoms. The lowest BCUT2D eigenvalue weighted by molar-refractivity contribution is 0.618. The van der Waals surface area contributed by atoms with Crippen molar-refractivity contribution in [3.8, 4) is 0 Å². The smallest absolute Gasteiger partial charge is 0.134 e. The highest BCUT2D eigenvalue weighted by Crippen LogP contribution is 2.34. The van der Waals surface area contributed by atoms with Gasteiger partial charge in [0, 0.05) is 23.3 Å². The minimum absolute atomic E-state index is 0.550. The highest BCUT2D eigenvalue weighted by molar-refractivity contribution is 6.17. The van der Waals surface area contributed by atoms with Crippen LogP contribution in [0, 0.1) is 13.8 Å². The number of nitrogens with zero attached hydrogens (tertiary/aromatic N) is 2. The number of aryl methyl sites for hydroxylation is 2. The van der Waals surface area contributed by atoms with Crippen LogP contribution >= 0.6 is 11.6 Å². The van der Waals surface area contributed by atoms with E-state index in [1.54, 1.807) is 0 Å². The van der Waals surface area contributed by atoms with Crippen molar-refractivity contribution >= 4 is 17.4 Å². The molecule has 1 aliphatic rings. The van der Waals surface area contributed by atoms with E-state index in [9.17, 15) is 0 Å². The van der Waals surface area contributed by atoms with Crippen LogP contribution in [0.25, 0.3) is 0 Å². The molecule has 1 aromatic rings. The zero-order valence-corrected chi connectivity index (χ0v) is 12.6. The van der Waals surface area contributed by atoms with E-state index < -0.39 is 0 Å². The molecule has 0 aromatic carbocycles. The zero-order chi connectivity index (χ0) is 13.3. The van der Waals surface area contributed by atoms with Gasteiger partial charge in [0.25, 0.3) is 0 Å². The fourth-order valence-corrected chi connectivity index (χ4v) is 3.41. The minimum atomic E-state index is 0.550. The topological polar surface area (TPSA) is 16.1 Å². The van der Waals surface area contributed by atoms with Crippen LogP contribution in [-0.2, 0) is 5.88 Å². The van der Waals surface area contributed by atoms with Crippen LogP contribution in [0.1, 0.15) is 49.9 Å². The molecule has 1 aliphatic heterocycles. The summed E-state index contributed by atoms with van der Waals surface area (Å²) in [6.45, 7) is 8.76. The van der Waals surface area contributed by atoms with Gasteiger partial charge in [-0.15, -0.1) is 11.6 Å². The first kappa shape index (κ1) is 13.7. The number of rotatable bonds is 3. The van der Waals surface area contributed by atoms with Crippen molar-refractivity contribution in [2.45, 2.75) is 64.9 Å².